The molecule has 0 saturated heterocycles. The van der Waals surface area contributed by atoms with Gasteiger partial charge >= 0.3 is 0 Å². The highest BCUT2D eigenvalue weighted by Crippen LogP contribution is 2.28. The lowest BCUT2D eigenvalue weighted by Gasteiger charge is -2.11. The van der Waals surface area contributed by atoms with Crippen LogP contribution in [0.15, 0.2) is 78.0 Å². The van der Waals surface area contributed by atoms with Crippen molar-refractivity contribution in [2.24, 2.45) is 5.10 Å². The molecule has 1 N–H and O–H groups in total. The van der Waals surface area contributed by atoms with Crippen molar-refractivity contribution in [2.75, 3.05) is 7.11 Å². The first-order chi connectivity index (χ1) is 15.2. The largest absolute Gasteiger partial charge is 0.493 e. The molecule has 0 aliphatic rings. The topological polar surface area (TPSA) is 77.2 Å². The van der Waals surface area contributed by atoms with Crippen molar-refractivity contribution in [3.8, 4) is 11.5 Å². The second-order valence-corrected chi connectivity index (χ2v) is 6.86. The minimum absolute atomic E-state index is 0.331. The van der Waals surface area contributed by atoms with E-state index in [9.17, 15) is 4.79 Å². The van der Waals surface area contributed by atoms with Gasteiger partial charge in [0, 0.05) is 6.20 Å². The Morgan fingerprint density at radius 3 is 2.71 bits per heavy atom. The van der Waals surface area contributed by atoms with Crippen LogP contribution in [-0.2, 0) is 6.61 Å². The van der Waals surface area contributed by atoms with Crippen LogP contribution in [0.1, 0.15) is 27.3 Å². The zero-order valence-corrected chi connectivity index (χ0v) is 17.3. The number of hydrogen-bond acceptors (Lipinski definition) is 5. The molecule has 0 saturated carbocycles. The number of benzene rings is 2. The van der Waals surface area contributed by atoms with E-state index in [4.69, 9.17) is 9.47 Å². The fourth-order valence-corrected chi connectivity index (χ4v) is 3.22. The van der Waals surface area contributed by atoms with Crippen LogP contribution in [-0.4, -0.2) is 28.6 Å². The van der Waals surface area contributed by atoms with Gasteiger partial charge in [-0.15, -0.1) is 0 Å². The Labute approximate surface area is 180 Å². The Morgan fingerprint density at radius 1 is 1.10 bits per heavy atom. The van der Waals surface area contributed by atoms with Crippen LogP contribution in [0, 0.1) is 6.92 Å². The van der Waals surface area contributed by atoms with Gasteiger partial charge in [0.1, 0.15) is 17.9 Å². The molecule has 0 radical (unpaired) electrons. The number of nitrogens with zero attached hydrogens (tertiary/aromatic N) is 3. The van der Waals surface area contributed by atoms with E-state index in [0.717, 1.165) is 11.1 Å². The van der Waals surface area contributed by atoms with Crippen molar-refractivity contribution in [3.63, 3.8) is 0 Å². The van der Waals surface area contributed by atoms with Gasteiger partial charge in [0.25, 0.3) is 5.91 Å². The number of aromatic nitrogens is 2. The van der Waals surface area contributed by atoms with Crippen LogP contribution in [0.25, 0.3) is 5.65 Å². The quantitative estimate of drug-likeness (QED) is 0.366. The van der Waals surface area contributed by atoms with Crippen LogP contribution in [0.4, 0.5) is 0 Å². The molecule has 2 aromatic heterocycles. The van der Waals surface area contributed by atoms with Crippen molar-refractivity contribution in [1.29, 1.82) is 0 Å². The van der Waals surface area contributed by atoms with Crippen molar-refractivity contribution in [3.05, 3.63) is 95.4 Å². The summed E-state index contributed by atoms with van der Waals surface area (Å²) in [5, 5.41) is 4.08. The third kappa shape index (κ3) is 4.56. The minimum atomic E-state index is -0.331. The Balaban J connectivity index is 1.44. The summed E-state index contributed by atoms with van der Waals surface area (Å²) < 4.78 is 13.0. The number of nitrogens with one attached hydrogen (secondary N) is 1. The molecule has 4 rings (SSSR count). The van der Waals surface area contributed by atoms with Crippen LogP contribution in [0.3, 0.4) is 0 Å². The maximum Gasteiger partial charge on any atom is 0.290 e. The summed E-state index contributed by atoms with van der Waals surface area (Å²) in [5.41, 5.74) is 6.20. The Hall–Kier alpha value is -4.13. The van der Waals surface area contributed by atoms with E-state index in [1.165, 1.54) is 0 Å². The zero-order chi connectivity index (χ0) is 21.6. The van der Waals surface area contributed by atoms with Gasteiger partial charge in [-0.2, -0.15) is 5.10 Å². The highest BCUT2D eigenvalue weighted by atomic mass is 16.5. The summed E-state index contributed by atoms with van der Waals surface area (Å²) in [7, 11) is 1.58. The lowest BCUT2D eigenvalue weighted by molar-refractivity contribution is 0.0948. The minimum Gasteiger partial charge on any atom is -0.493 e. The molecule has 4 aromatic rings. The van der Waals surface area contributed by atoms with E-state index >= 15 is 0 Å². The van der Waals surface area contributed by atoms with E-state index in [1.54, 1.807) is 36.9 Å². The number of imidazole rings is 1. The highest BCUT2D eigenvalue weighted by Gasteiger charge is 2.15. The number of fused-ring (bicyclic) bond motifs is 1. The third-order valence-corrected chi connectivity index (χ3v) is 4.72. The molecule has 156 valence electrons. The summed E-state index contributed by atoms with van der Waals surface area (Å²) in [6, 6.07) is 20.9. The van der Waals surface area contributed by atoms with Crippen LogP contribution in [0.2, 0.25) is 0 Å². The van der Waals surface area contributed by atoms with Gasteiger partial charge in [-0.05, 0) is 48.4 Å². The van der Waals surface area contributed by atoms with Gasteiger partial charge in [-0.3, -0.25) is 9.20 Å². The average Bonchev–Trinajstić information content (AvgIpc) is 3.14. The lowest BCUT2D eigenvalue weighted by atomic mass is 10.2. The van der Waals surface area contributed by atoms with Crippen LogP contribution >= 0.6 is 0 Å². The second-order valence-electron chi connectivity index (χ2n) is 6.86. The van der Waals surface area contributed by atoms with Gasteiger partial charge in [0.05, 0.1) is 19.0 Å². The van der Waals surface area contributed by atoms with Gasteiger partial charge < -0.3 is 9.47 Å². The fourth-order valence-electron chi connectivity index (χ4n) is 3.22. The molecular formula is C24H22N4O3. The Morgan fingerprint density at radius 2 is 1.90 bits per heavy atom. The molecule has 0 bridgehead atoms. The standard InChI is InChI=1S/C24H22N4O3/c1-17-23(28-13-7-6-10-22(28)26-17)24(29)27-25-15-19-11-12-20(21(14-19)30-2)31-16-18-8-4-3-5-9-18/h3-15H,16H2,1-2H3,(H,27,29)/b25-15-. The Kier molecular flexibility index (Phi) is 5.93. The van der Waals surface area contributed by atoms with E-state index < -0.39 is 0 Å². The molecule has 0 spiro atoms. The molecule has 0 fully saturated rings. The zero-order valence-electron chi connectivity index (χ0n) is 17.3. The van der Waals surface area contributed by atoms with Crippen molar-refractivity contribution >= 4 is 17.8 Å². The molecule has 0 aliphatic carbocycles. The number of carbonyl (C=O) groups is 1. The Bertz CT molecular complexity index is 1230. The average molecular weight is 414 g/mol. The fraction of sp³-hybridized carbons (Fsp3) is 0.125. The summed E-state index contributed by atoms with van der Waals surface area (Å²) in [4.78, 5) is 17.0. The van der Waals surface area contributed by atoms with E-state index in [1.807, 2.05) is 60.7 Å². The molecular weight excluding hydrogens is 392 g/mol. The number of hydrazone groups is 1. The first kappa shape index (κ1) is 20.2. The van der Waals surface area contributed by atoms with Gasteiger partial charge in [0.15, 0.2) is 11.5 Å². The maximum atomic E-state index is 12.6. The third-order valence-electron chi connectivity index (χ3n) is 4.72. The van der Waals surface area contributed by atoms with Crippen LogP contribution in [0.5, 0.6) is 11.5 Å². The molecule has 7 nitrogen and oxygen atoms in total. The number of rotatable bonds is 7. The SMILES string of the molecule is COc1cc(/C=N\NC(=O)c2c(C)nc3ccccn23)ccc1OCc1ccccc1. The van der Waals surface area contributed by atoms with Gasteiger partial charge in [0.2, 0.25) is 0 Å². The van der Waals surface area contributed by atoms with E-state index in [0.29, 0.717) is 35.1 Å². The molecule has 1 amide bonds. The monoisotopic (exact) mass is 414 g/mol. The van der Waals surface area contributed by atoms with Crippen molar-refractivity contribution in [2.45, 2.75) is 13.5 Å². The first-order valence-electron chi connectivity index (χ1n) is 9.77. The number of ether oxygens (including phenoxy) is 2. The smallest absolute Gasteiger partial charge is 0.290 e. The summed E-state index contributed by atoms with van der Waals surface area (Å²) in [6.07, 6.45) is 3.35. The van der Waals surface area contributed by atoms with Crippen molar-refractivity contribution in [1.82, 2.24) is 14.8 Å². The van der Waals surface area contributed by atoms with E-state index in [-0.39, 0.29) is 5.91 Å². The first-order valence-corrected chi connectivity index (χ1v) is 9.77. The number of amides is 1. The number of carbonyl (C=O) groups excluding carboxylic acids is 1. The molecule has 0 unspecified atom stereocenters. The predicted molar refractivity (Wildman–Crippen MR) is 119 cm³/mol. The number of aryl methyl sites for hydroxylation is 1. The molecule has 2 heterocycles. The second kappa shape index (κ2) is 9.13. The predicted octanol–water partition coefficient (Wildman–Crippen LogP) is 3.99. The number of hydrogen-bond donors (Lipinski definition) is 1. The van der Waals surface area contributed by atoms with Gasteiger partial charge in [-0.1, -0.05) is 36.4 Å². The van der Waals surface area contributed by atoms with Crippen molar-refractivity contribution < 1.29 is 14.3 Å². The number of pyridine rings is 1. The van der Waals surface area contributed by atoms with Crippen LogP contribution < -0.4 is 14.9 Å². The summed E-state index contributed by atoms with van der Waals surface area (Å²) >= 11 is 0. The maximum absolute atomic E-state index is 12.6. The number of methoxy groups -OCH3 is 1. The molecule has 0 aliphatic heterocycles. The summed E-state index contributed by atoms with van der Waals surface area (Å²) in [5.74, 6) is 0.889. The lowest BCUT2D eigenvalue weighted by Crippen LogP contribution is -2.20. The molecule has 0 atom stereocenters. The summed E-state index contributed by atoms with van der Waals surface area (Å²) in [6.45, 7) is 2.24. The highest BCUT2D eigenvalue weighted by molar-refractivity contribution is 5.95. The molecule has 7 heteroatoms. The molecule has 2 aromatic carbocycles. The normalized spacial score (nSPS) is 11.0. The van der Waals surface area contributed by atoms with Gasteiger partial charge in [-0.25, -0.2) is 10.4 Å². The van der Waals surface area contributed by atoms with E-state index in [2.05, 4.69) is 15.5 Å². The molecule has 31 heavy (non-hydrogen) atoms.